The first-order chi connectivity index (χ1) is 14.8. The van der Waals surface area contributed by atoms with E-state index in [1.165, 1.54) is 0 Å². The molecule has 0 spiro atoms. The van der Waals surface area contributed by atoms with Crippen molar-refractivity contribution >= 4 is 34.9 Å². The van der Waals surface area contributed by atoms with Gasteiger partial charge in [0.2, 0.25) is 5.91 Å². The zero-order valence-corrected chi connectivity index (χ0v) is 17.4. The fourth-order valence-electron chi connectivity index (χ4n) is 2.28. The second-order valence-electron chi connectivity index (χ2n) is 6.61. The number of aromatic nitrogens is 1. The molecule has 11 heteroatoms. The minimum absolute atomic E-state index is 0.191. The molecule has 2 rings (SSSR count). The monoisotopic (exact) mass is 432 g/mol. The van der Waals surface area contributed by atoms with Crippen molar-refractivity contribution in [2.45, 2.75) is 31.7 Å². The van der Waals surface area contributed by atoms with Gasteiger partial charge in [0.15, 0.2) is 5.75 Å². The maximum atomic E-state index is 11.6. The lowest BCUT2D eigenvalue weighted by Gasteiger charge is -2.11. The number of pyridine rings is 1. The Labute approximate surface area is 181 Å². The fraction of sp³-hybridized carbons (Fsp3) is 0.350. The van der Waals surface area contributed by atoms with Crippen molar-refractivity contribution in [3.63, 3.8) is 0 Å². The van der Waals surface area contributed by atoms with E-state index in [2.05, 4.69) is 10.3 Å². The highest BCUT2D eigenvalue weighted by Crippen LogP contribution is 2.20. The third kappa shape index (κ3) is 9.76. The van der Waals surface area contributed by atoms with Crippen LogP contribution in [0.1, 0.15) is 25.7 Å². The minimum Gasteiger partial charge on any atom is -0.423 e. The average molecular weight is 433 g/mol. The second kappa shape index (κ2) is 13.7. The molecule has 1 unspecified atom stereocenters. The van der Waals surface area contributed by atoms with Crippen LogP contribution in [-0.2, 0) is 9.59 Å². The summed E-state index contributed by atoms with van der Waals surface area (Å²) in [5.41, 5.74) is 33.7. The number of carbonyl (C=O) groups excluding carboxylic acids is 2. The molecule has 0 fully saturated rings. The molecule has 1 heterocycles. The van der Waals surface area contributed by atoms with Crippen molar-refractivity contribution in [3.8, 4) is 5.75 Å². The third-order valence-electron chi connectivity index (χ3n) is 4.00. The summed E-state index contributed by atoms with van der Waals surface area (Å²) in [6, 6.07) is 9.37. The Morgan fingerprint density at radius 1 is 0.968 bits per heavy atom. The third-order valence-corrected chi connectivity index (χ3v) is 4.00. The van der Waals surface area contributed by atoms with Gasteiger partial charge in [0.25, 0.3) is 0 Å². The smallest absolute Gasteiger partial charge is 0.328 e. The van der Waals surface area contributed by atoms with Gasteiger partial charge in [-0.1, -0.05) is 18.6 Å². The molecule has 13 N–H and O–H groups in total. The highest BCUT2D eigenvalue weighted by molar-refractivity contribution is 5.90. The predicted octanol–water partition coefficient (Wildman–Crippen LogP) is 0.164. The van der Waals surface area contributed by atoms with Crippen LogP contribution in [0.4, 0.5) is 23.0 Å². The lowest BCUT2D eigenvalue weighted by molar-refractivity contribution is -0.136. The van der Waals surface area contributed by atoms with Crippen molar-refractivity contribution in [3.05, 3.63) is 36.4 Å². The van der Waals surface area contributed by atoms with Crippen LogP contribution in [0.15, 0.2) is 36.4 Å². The Hall–Kier alpha value is -3.41. The number of hydrogen-bond donors (Lipinski definition) is 7. The first kappa shape index (κ1) is 25.6. The first-order valence-corrected chi connectivity index (χ1v) is 9.82. The molecule has 1 aromatic carbocycles. The Bertz CT molecular complexity index is 847. The van der Waals surface area contributed by atoms with E-state index in [0.717, 1.165) is 12.8 Å². The molecule has 0 bridgehead atoms. The molecule has 0 aliphatic rings. The summed E-state index contributed by atoms with van der Waals surface area (Å²) in [6.07, 6.45) is 2.50. The molecule has 11 nitrogen and oxygen atoms in total. The normalized spacial score (nSPS) is 11.1. The van der Waals surface area contributed by atoms with Gasteiger partial charge in [-0.2, -0.15) is 0 Å². The topological polar surface area (TPSA) is 224 Å². The van der Waals surface area contributed by atoms with E-state index in [1.54, 1.807) is 36.4 Å². The van der Waals surface area contributed by atoms with Crippen molar-refractivity contribution in [2.24, 2.45) is 17.2 Å². The van der Waals surface area contributed by atoms with Gasteiger partial charge in [-0.25, -0.2) is 9.78 Å². The van der Waals surface area contributed by atoms with Crippen molar-refractivity contribution in [2.75, 3.05) is 35.6 Å². The summed E-state index contributed by atoms with van der Waals surface area (Å²) in [6.45, 7) is 0.906. The number of amides is 1. The van der Waals surface area contributed by atoms with Gasteiger partial charge < -0.3 is 44.5 Å². The number of esters is 1. The molecule has 2 aromatic rings. The number of benzene rings is 1. The van der Waals surface area contributed by atoms with Gasteiger partial charge in [-0.3, -0.25) is 4.79 Å². The maximum absolute atomic E-state index is 11.6. The summed E-state index contributed by atoms with van der Waals surface area (Å²) >= 11 is 0. The number of anilines is 4. The molecule has 1 aromatic heterocycles. The predicted molar refractivity (Wildman–Crippen MR) is 123 cm³/mol. The van der Waals surface area contributed by atoms with E-state index in [1.807, 2.05) is 0 Å². The number of para-hydroxylation sites is 2. The molecule has 0 aliphatic carbocycles. The molecular formula is C20H32N8O3. The molecule has 1 amide bonds. The van der Waals surface area contributed by atoms with Gasteiger partial charge in [-0.05, 0) is 43.7 Å². The number of nitrogens with one attached hydrogen (secondary N) is 1. The average Bonchev–Trinajstić information content (AvgIpc) is 2.73. The molecule has 31 heavy (non-hydrogen) atoms. The number of carbonyl (C=O) groups is 2. The van der Waals surface area contributed by atoms with Crippen molar-refractivity contribution in [1.82, 2.24) is 4.98 Å². The summed E-state index contributed by atoms with van der Waals surface area (Å²) < 4.78 is 5.12. The van der Waals surface area contributed by atoms with E-state index < -0.39 is 12.0 Å². The van der Waals surface area contributed by atoms with E-state index in [9.17, 15) is 9.59 Å². The summed E-state index contributed by atoms with van der Waals surface area (Å²) in [4.78, 5) is 26.6. The molecule has 0 saturated carbocycles. The summed E-state index contributed by atoms with van der Waals surface area (Å²) in [5.74, 6) is 0.293. The zero-order valence-electron chi connectivity index (χ0n) is 17.4. The second-order valence-corrected chi connectivity index (χ2v) is 6.61. The van der Waals surface area contributed by atoms with Gasteiger partial charge in [0.05, 0.1) is 11.4 Å². The van der Waals surface area contributed by atoms with E-state index in [0.29, 0.717) is 42.5 Å². The highest BCUT2D eigenvalue weighted by Gasteiger charge is 2.16. The Balaban J connectivity index is 0.000000316. The van der Waals surface area contributed by atoms with E-state index in [-0.39, 0.29) is 18.1 Å². The fourth-order valence-corrected chi connectivity index (χ4v) is 2.28. The van der Waals surface area contributed by atoms with E-state index >= 15 is 0 Å². The number of nitrogen functional groups attached to an aromatic ring is 3. The Morgan fingerprint density at radius 3 is 2.29 bits per heavy atom. The van der Waals surface area contributed by atoms with Crippen LogP contribution in [0.3, 0.4) is 0 Å². The number of ether oxygens (including phenoxy) is 1. The number of rotatable bonds is 9. The number of hydrogen-bond acceptors (Lipinski definition) is 10. The first-order valence-electron chi connectivity index (χ1n) is 9.82. The van der Waals surface area contributed by atoms with Crippen LogP contribution in [0.5, 0.6) is 5.75 Å². The Kier molecular flexibility index (Phi) is 11.4. The van der Waals surface area contributed by atoms with E-state index in [4.69, 9.17) is 39.1 Å². The van der Waals surface area contributed by atoms with Crippen LogP contribution in [0.2, 0.25) is 0 Å². The van der Waals surface area contributed by atoms with Crippen molar-refractivity contribution < 1.29 is 14.3 Å². The SMILES string of the molecule is NCCC(=O)Nc1ccc(N)c(N)n1.NCCCCC(N)C(=O)Oc1ccccc1N. The molecule has 0 saturated heterocycles. The van der Waals surface area contributed by atoms with Gasteiger partial charge in [0.1, 0.15) is 17.7 Å². The molecule has 1 atom stereocenters. The lowest BCUT2D eigenvalue weighted by Crippen LogP contribution is -2.34. The van der Waals surface area contributed by atoms with Crippen LogP contribution >= 0.6 is 0 Å². The minimum atomic E-state index is -0.624. The zero-order chi connectivity index (χ0) is 23.2. The van der Waals surface area contributed by atoms with Crippen LogP contribution in [0, 0.1) is 0 Å². The standard InChI is InChI=1S/C12H19N3O2.C8H13N5O/c13-8-4-3-6-10(15)12(16)17-11-7-2-1-5-9(11)14;9-4-3-7(14)12-6-2-1-5(10)8(11)13-6/h1-2,5,7,10H,3-4,6,8,13-15H2;1-2H,3-4,9-10H2,(H3,11,12,13,14). The van der Waals surface area contributed by atoms with Crippen LogP contribution < -0.4 is 44.5 Å². The lowest BCUT2D eigenvalue weighted by atomic mass is 10.1. The van der Waals surface area contributed by atoms with Crippen LogP contribution in [-0.4, -0.2) is 36.0 Å². The molecule has 0 aliphatic heterocycles. The van der Waals surface area contributed by atoms with Crippen molar-refractivity contribution in [1.29, 1.82) is 0 Å². The summed E-state index contributed by atoms with van der Waals surface area (Å²) in [7, 11) is 0. The summed E-state index contributed by atoms with van der Waals surface area (Å²) in [5, 5.41) is 2.55. The highest BCUT2D eigenvalue weighted by atomic mass is 16.5. The molecule has 170 valence electrons. The van der Waals surface area contributed by atoms with Crippen LogP contribution in [0.25, 0.3) is 0 Å². The molecule has 0 radical (unpaired) electrons. The number of nitrogens with zero attached hydrogens (tertiary/aromatic N) is 1. The number of nitrogens with two attached hydrogens (primary N) is 6. The van der Waals surface area contributed by atoms with Gasteiger partial charge in [0, 0.05) is 13.0 Å². The van der Waals surface area contributed by atoms with Gasteiger partial charge in [-0.15, -0.1) is 0 Å². The quantitative estimate of drug-likeness (QED) is 0.123. The largest absolute Gasteiger partial charge is 0.423 e. The van der Waals surface area contributed by atoms with Gasteiger partial charge >= 0.3 is 5.97 Å². The number of unbranched alkanes of at least 4 members (excludes halogenated alkanes) is 1. The molecular weight excluding hydrogens is 400 g/mol. The Morgan fingerprint density at radius 2 is 1.68 bits per heavy atom. The maximum Gasteiger partial charge on any atom is 0.328 e.